The zero-order valence-corrected chi connectivity index (χ0v) is 9.53. The van der Waals surface area contributed by atoms with E-state index in [1.54, 1.807) is 13.4 Å². The van der Waals surface area contributed by atoms with E-state index in [9.17, 15) is 0 Å². The maximum absolute atomic E-state index is 5.16. The quantitative estimate of drug-likeness (QED) is 0.854. The number of ether oxygens (including phenoxy) is 1. The van der Waals surface area contributed by atoms with E-state index in [1.807, 2.05) is 18.2 Å². The molecule has 1 aromatic heterocycles. The molecule has 0 saturated heterocycles. The van der Waals surface area contributed by atoms with Gasteiger partial charge in [-0.2, -0.15) is 0 Å². The normalized spacial score (nSPS) is 10.4. The molecule has 84 valence electrons. The van der Waals surface area contributed by atoms with Crippen LogP contribution in [-0.2, 0) is 0 Å². The minimum atomic E-state index is 0.813. The fraction of sp³-hybridized carbons (Fsp3) is 0.333. The Morgan fingerprint density at radius 1 is 1.31 bits per heavy atom. The molecule has 1 aromatic carbocycles. The van der Waals surface area contributed by atoms with Crippen molar-refractivity contribution in [1.29, 1.82) is 0 Å². The van der Waals surface area contributed by atoms with Crippen LogP contribution < -0.4 is 10.1 Å². The summed E-state index contributed by atoms with van der Waals surface area (Å²) in [6.07, 6.45) is 2.64. The van der Waals surface area contributed by atoms with Crippen LogP contribution in [0.1, 0.15) is 13.3 Å². The van der Waals surface area contributed by atoms with Crippen LogP contribution in [0.25, 0.3) is 10.9 Å². The van der Waals surface area contributed by atoms with Gasteiger partial charge in [-0.3, -0.25) is 0 Å². The number of hydrogen-bond donors (Lipinski definition) is 1. The van der Waals surface area contributed by atoms with Crippen LogP contribution in [0.5, 0.6) is 5.75 Å². The second kappa shape index (κ2) is 4.79. The molecule has 0 aliphatic heterocycles. The number of nitrogens with zero attached hydrogens (tertiary/aromatic N) is 2. The first-order valence-electron chi connectivity index (χ1n) is 5.37. The Balaban J connectivity index is 2.43. The monoisotopic (exact) mass is 217 g/mol. The summed E-state index contributed by atoms with van der Waals surface area (Å²) in [5.74, 6) is 1.70. The van der Waals surface area contributed by atoms with Gasteiger partial charge in [0.2, 0.25) is 0 Å². The summed E-state index contributed by atoms with van der Waals surface area (Å²) in [6, 6.07) is 5.81. The fourth-order valence-electron chi connectivity index (χ4n) is 1.55. The number of rotatable bonds is 4. The fourth-order valence-corrected chi connectivity index (χ4v) is 1.55. The molecular formula is C12H15N3O. The van der Waals surface area contributed by atoms with Crippen molar-refractivity contribution >= 4 is 16.7 Å². The summed E-state index contributed by atoms with van der Waals surface area (Å²) < 4.78 is 5.16. The maximum atomic E-state index is 5.16. The van der Waals surface area contributed by atoms with Gasteiger partial charge in [0.25, 0.3) is 0 Å². The van der Waals surface area contributed by atoms with Gasteiger partial charge in [0, 0.05) is 18.0 Å². The van der Waals surface area contributed by atoms with Crippen LogP contribution in [0.4, 0.5) is 5.82 Å². The zero-order chi connectivity index (χ0) is 11.4. The molecule has 0 aliphatic rings. The molecule has 0 radical (unpaired) electrons. The van der Waals surface area contributed by atoms with E-state index in [2.05, 4.69) is 22.2 Å². The molecule has 0 aliphatic carbocycles. The van der Waals surface area contributed by atoms with Crippen LogP contribution in [0.3, 0.4) is 0 Å². The summed E-state index contributed by atoms with van der Waals surface area (Å²) in [5, 5.41) is 4.31. The molecule has 0 bridgehead atoms. The molecule has 0 fully saturated rings. The van der Waals surface area contributed by atoms with Crippen molar-refractivity contribution in [3.05, 3.63) is 24.5 Å². The van der Waals surface area contributed by atoms with E-state index < -0.39 is 0 Å². The first-order valence-corrected chi connectivity index (χ1v) is 5.37. The molecule has 16 heavy (non-hydrogen) atoms. The highest BCUT2D eigenvalue weighted by Crippen LogP contribution is 2.23. The van der Waals surface area contributed by atoms with Gasteiger partial charge in [0.1, 0.15) is 17.9 Å². The number of benzene rings is 1. The van der Waals surface area contributed by atoms with E-state index in [1.165, 1.54) is 0 Å². The molecule has 0 spiro atoms. The minimum Gasteiger partial charge on any atom is -0.497 e. The molecule has 4 nitrogen and oxygen atoms in total. The smallest absolute Gasteiger partial charge is 0.137 e. The highest BCUT2D eigenvalue weighted by Gasteiger charge is 2.03. The highest BCUT2D eigenvalue weighted by atomic mass is 16.5. The predicted octanol–water partition coefficient (Wildman–Crippen LogP) is 2.46. The molecule has 0 unspecified atom stereocenters. The van der Waals surface area contributed by atoms with Crippen LogP contribution in [-0.4, -0.2) is 23.6 Å². The molecule has 2 rings (SSSR count). The van der Waals surface area contributed by atoms with Crippen molar-refractivity contribution in [2.45, 2.75) is 13.3 Å². The predicted molar refractivity (Wildman–Crippen MR) is 64.9 cm³/mol. The van der Waals surface area contributed by atoms with Crippen LogP contribution in [0, 0.1) is 0 Å². The summed E-state index contributed by atoms with van der Waals surface area (Å²) in [6.45, 7) is 3.04. The van der Waals surface area contributed by atoms with Gasteiger partial charge in [-0.05, 0) is 18.6 Å². The van der Waals surface area contributed by atoms with Gasteiger partial charge in [0.15, 0.2) is 0 Å². The van der Waals surface area contributed by atoms with Crippen molar-refractivity contribution in [1.82, 2.24) is 9.97 Å². The Bertz CT molecular complexity index is 485. The van der Waals surface area contributed by atoms with Crippen molar-refractivity contribution in [2.24, 2.45) is 0 Å². The summed E-state index contributed by atoms with van der Waals surface area (Å²) in [7, 11) is 1.65. The lowest BCUT2D eigenvalue weighted by molar-refractivity contribution is 0.415. The Morgan fingerprint density at radius 3 is 2.94 bits per heavy atom. The lowest BCUT2D eigenvalue weighted by Crippen LogP contribution is -2.02. The van der Waals surface area contributed by atoms with Crippen molar-refractivity contribution in [3.8, 4) is 5.75 Å². The number of fused-ring (bicyclic) bond motifs is 1. The second-order valence-electron chi connectivity index (χ2n) is 3.53. The first-order chi connectivity index (χ1) is 7.85. The van der Waals surface area contributed by atoms with Crippen LogP contribution in [0.2, 0.25) is 0 Å². The zero-order valence-electron chi connectivity index (χ0n) is 9.53. The molecule has 0 saturated carbocycles. The van der Waals surface area contributed by atoms with Gasteiger partial charge < -0.3 is 10.1 Å². The van der Waals surface area contributed by atoms with E-state index in [0.29, 0.717) is 0 Å². The average molecular weight is 217 g/mol. The number of anilines is 1. The van der Waals surface area contributed by atoms with Crippen molar-refractivity contribution in [3.63, 3.8) is 0 Å². The SMILES string of the molecule is CCCNc1ncnc2cc(OC)ccc12. The number of hydrogen-bond acceptors (Lipinski definition) is 4. The van der Waals surface area contributed by atoms with Gasteiger partial charge in [-0.25, -0.2) is 9.97 Å². The van der Waals surface area contributed by atoms with E-state index >= 15 is 0 Å². The molecule has 0 atom stereocenters. The third kappa shape index (κ3) is 2.05. The lowest BCUT2D eigenvalue weighted by atomic mass is 10.2. The van der Waals surface area contributed by atoms with Gasteiger partial charge in [0.05, 0.1) is 12.6 Å². The van der Waals surface area contributed by atoms with Gasteiger partial charge in [-0.1, -0.05) is 6.92 Å². The van der Waals surface area contributed by atoms with Crippen LogP contribution >= 0.6 is 0 Å². The topological polar surface area (TPSA) is 47.0 Å². The molecule has 4 heteroatoms. The third-order valence-corrected chi connectivity index (χ3v) is 2.39. The largest absolute Gasteiger partial charge is 0.497 e. The van der Waals surface area contributed by atoms with E-state index in [4.69, 9.17) is 4.74 Å². The minimum absolute atomic E-state index is 0.813. The standard InChI is InChI=1S/C12H15N3O/c1-3-6-13-12-10-5-4-9(16-2)7-11(10)14-8-15-12/h4-5,7-8H,3,6H2,1-2H3,(H,13,14,15). The molecule has 1 heterocycles. The summed E-state index contributed by atoms with van der Waals surface area (Å²) in [5.41, 5.74) is 0.896. The number of aromatic nitrogens is 2. The summed E-state index contributed by atoms with van der Waals surface area (Å²) in [4.78, 5) is 8.46. The Morgan fingerprint density at radius 2 is 2.19 bits per heavy atom. The first kappa shape index (κ1) is 10.7. The van der Waals surface area contributed by atoms with Gasteiger partial charge in [-0.15, -0.1) is 0 Å². The lowest BCUT2D eigenvalue weighted by Gasteiger charge is -2.07. The number of methoxy groups -OCH3 is 1. The molecule has 2 aromatic rings. The number of nitrogens with one attached hydrogen (secondary N) is 1. The second-order valence-corrected chi connectivity index (χ2v) is 3.53. The molecule has 1 N–H and O–H groups in total. The summed E-state index contributed by atoms with van der Waals surface area (Å²) >= 11 is 0. The Kier molecular flexibility index (Phi) is 3.19. The Hall–Kier alpha value is -1.84. The van der Waals surface area contributed by atoms with Crippen molar-refractivity contribution in [2.75, 3.05) is 19.0 Å². The van der Waals surface area contributed by atoms with E-state index in [0.717, 1.165) is 35.4 Å². The highest BCUT2D eigenvalue weighted by molar-refractivity contribution is 5.89. The molecule has 0 amide bonds. The van der Waals surface area contributed by atoms with Crippen molar-refractivity contribution < 1.29 is 4.74 Å². The van der Waals surface area contributed by atoms with E-state index in [-0.39, 0.29) is 0 Å². The maximum Gasteiger partial charge on any atom is 0.137 e. The average Bonchev–Trinajstić information content (AvgIpc) is 2.35. The third-order valence-electron chi connectivity index (χ3n) is 2.39. The molecular weight excluding hydrogens is 202 g/mol. The van der Waals surface area contributed by atoms with Crippen LogP contribution in [0.15, 0.2) is 24.5 Å². The van der Waals surface area contributed by atoms with Gasteiger partial charge >= 0.3 is 0 Å². The Labute approximate surface area is 94.7 Å².